The molecule has 2 aromatic heterocycles. The minimum Gasteiger partial charge on any atom is -0.382 e. The molecule has 9 heteroatoms. The maximum absolute atomic E-state index is 12.9. The summed E-state index contributed by atoms with van der Waals surface area (Å²) in [4.78, 5) is 16.9. The Morgan fingerprint density at radius 1 is 1.38 bits per heavy atom. The van der Waals surface area contributed by atoms with Crippen LogP contribution in [0.25, 0.3) is 0 Å². The molecule has 0 saturated carbocycles. The van der Waals surface area contributed by atoms with Crippen LogP contribution in [0, 0.1) is 0 Å². The lowest BCUT2D eigenvalue weighted by atomic mass is 9.99. The van der Waals surface area contributed by atoms with Crippen LogP contribution in [0.4, 0.5) is 19.0 Å². The van der Waals surface area contributed by atoms with E-state index in [1.54, 1.807) is 6.07 Å². The van der Waals surface area contributed by atoms with Gasteiger partial charge in [-0.05, 0) is 25.1 Å². The zero-order chi connectivity index (χ0) is 17.5. The third-order valence-electron chi connectivity index (χ3n) is 4.09. The van der Waals surface area contributed by atoms with Crippen LogP contribution in [0.5, 0.6) is 0 Å². The van der Waals surface area contributed by atoms with Gasteiger partial charge in [0.25, 0.3) is 0 Å². The second-order valence-electron chi connectivity index (χ2n) is 5.80. The van der Waals surface area contributed by atoms with Crippen molar-refractivity contribution >= 4 is 11.6 Å². The van der Waals surface area contributed by atoms with Gasteiger partial charge in [-0.3, -0.25) is 9.89 Å². The summed E-state index contributed by atoms with van der Waals surface area (Å²) in [6.45, 7) is 1.55. The van der Waals surface area contributed by atoms with Crippen molar-refractivity contribution in [3.8, 4) is 0 Å². The van der Waals surface area contributed by atoms with Crippen LogP contribution in [-0.4, -0.2) is 39.2 Å². The van der Waals surface area contributed by atoms with Gasteiger partial charge in [-0.15, -0.1) is 0 Å². The van der Waals surface area contributed by atoms with Crippen molar-refractivity contribution in [3.63, 3.8) is 0 Å². The third kappa shape index (κ3) is 2.86. The maximum atomic E-state index is 12.9. The normalized spacial score (nSPS) is 21.3. The number of pyridine rings is 1. The fraction of sp³-hybridized carbons (Fsp3) is 0.400. The Hall–Kier alpha value is -2.42. The predicted octanol–water partition coefficient (Wildman–Crippen LogP) is 2.12. The number of alkyl halides is 3. The Labute approximate surface area is 135 Å². The number of nitrogens with zero attached hydrogens (tertiary/aromatic N) is 3. The van der Waals surface area contributed by atoms with Crippen molar-refractivity contribution in [2.75, 3.05) is 18.0 Å². The Morgan fingerprint density at radius 2 is 2.12 bits per heavy atom. The van der Waals surface area contributed by atoms with E-state index in [9.17, 15) is 23.1 Å². The lowest BCUT2D eigenvalue weighted by molar-refractivity contribution is -0.141. The van der Waals surface area contributed by atoms with Gasteiger partial charge < -0.3 is 10.0 Å². The third-order valence-corrected chi connectivity index (χ3v) is 4.09. The Balaban J connectivity index is 1.98. The zero-order valence-electron chi connectivity index (χ0n) is 12.8. The van der Waals surface area contributed by atoms with Crippen molar-refractivity contribution < 1.29 is 23.1 Å². The highest BCUT2D eigenvalue weighted by atomic mass is 19.4. The average Bonchev–Trinajstić information content (AvgIpc) is 3.16. The van der Waals surface area contributed by atoms with E-state index in [1.807, 2.05) is 0 Å². The number of halogens is 3. The minimum absolute atomic E-state index is 0.0176. The number of ketones is 1. The molecule has 2 N–H and O–H groups in total. The number of hydrogen-bond acceptors (Lipinski definition) is 5. The topological polar surface area (TPSA) is 82.1 Å². The van der Waals surface area contributed by atoms with Crippen molar-refractivity contribution in [3.05, 3.63) is 41.3 Å². The van der Waals surface area contributed by atoms with Gasteiger partial charge in [0.05, 0.1) is 17.8 Å². The van der Waals surface area contributed by atoms with Crippen LogP contribution < -0.4 is 4.90 Å². The Kier molecular flexibility index (Phi) is 3.83. The Morgan fingerprint density at radius 3 is 2.71 bits per heavy atom. The van der Waals surface area contributed by atoms with Crippen LogP contribution >= 0.6 is 0 Å². The molecule has 0 spiro atoms. The molecule has 0 radical (unpaired) electrons. The molecule has 3 heterocycles. The summed E-state index contributed by atoms with van der Waals surface area (Å²) in [5, 5.41) is 17.1. The average molecular weight is 340 g/mol. The SMILES string of the molecule is CC(=O)c1ccc(C(F)(F)F)nc1N1CCC(O)(c2ccn[nH]2)C1. The highest BCUT2D eigenvalue weighted by Crippen LogP contribution is 2.36. The predicted molar refractivity (Wildman–Crippen MR) is 78.6 cm³/mol. The molecule has 1 saturated heterocycles. The molecule has 1 aliphatic heterocycles. The van der Waals surface area contributed by atoms with Gasteiger partial charge in [0.1, 0.15) is 17.1 Å². The number of aliphatic hydroxyl groups is 1. The van der Waals surface area contributed by atoms with Crippen LogP contribution in [0.3, 0.4) is 0 Å². The number of aromatic nitrogens is 3. The monoisotopic (exact) mass is 340 g/mol. The Bertz CT molecular complexity index is 761. The van der Waals surface area contributed by atoms with Crippen molar-refractivity contribution in [2.24, 2.45) is 0 Å². The molecule has 0 bridgehead atoms. The van der Waals surface area contributed by atoms with Crippen LogP contribution in [0.2, 0.25) is 0 Å². The van der Waals surface area contributed by atoms with E-state index >= 15 is 0 Å². The summed E-state index contributed by atoms with van der Waals surface area (Å²) in [6.07, 6.45) is -2.84. The van der Waals surface area contributed by atoms with Crippen molar-refractivity contribution in [2.45, 2.75) is 25.1 Å². The van der Waals surface area contributed by atoms with Gasteiger partial charge >= 0.3 is 6.18 Å². The van der Waals surface area contributed by atoms with Gasteiger partial charge in [0, 0.05) is 19.2 Å². The number of anilines is 1. The van der Waals surface area contributed by atoms with E-state index < -0.39 is 17.5 Å². The first-order valence-electron chi connectivity index (χ1n) is 7.27. The summed E-state index contributed by atoms with van der Waals surface area (Å²) in [5.41, 5.74) is -1.78. The van der Waals surface area contributed by atoms with Crippen molar-refractivity contribution in [1.82, 2.24) is 15.2 Å². The van der Waals surface area contributed by atoms with Gasteiger partial charge in [-0.2, -0.15) is 18.3 Å². The molecule has 0 amide bonds. The first-order valence-corrected chi connectivity index (χ1v) is 7.27. The highest BCUT2D eigenvalue weighted by Gasteiger charge is 2.41. The first kappa shape index (κ1) is 16.4. The van der Waals surface area contributed by atoms with Gasteiger partial charge in [0.15, 0.2) is 5.78 Å². The number of aromatic amines is 1. The molecule has 1 atom stereocenters. The van der Waals surface area contributed by atoms with Gasteiger partial charge in [-0.25, -0.2) is 4.98 Å². The smallest absolute Gasteiger partial charge is 0.382 e. The highest BCUT2D eigenvalue weighted by molar-refractivity contribution is 5.98. The summed E-state index contributed by atoms with van der Waals surface area (Å²) in [6, 6.07) is 3.52. The number of hydrogen-bond donors (Lipinski definition) is 2. The van der Waals surface area contributed by atoms with Gasteiger partial charge in [0.2, 0.25) is 0 Å². The molecular weight excluding hydrogens is 325 g/mol. The maximum Gasteiger partial charge on any atom is 0.433 e. The zero-order valence-corrected chi connectivity index (χ0v) is 12.8. The lowest BCUT2D eigenvalue weighted by Crippen LogP contribution is -2.32. The van der Waals surface area contributed by atoms with E-state index in [0.29, 0.717) is 5.69 Å². The van der Waals surface area contributed by atoms with E-state index in [1.165, 1.54) is 18.0 Å². The summed E-state index contributed by atoms with van der Waals surface area (Å²) in [5.74, 6) is -0.448. The number of carbonyl (C=O) groups is 1. The molecule has 0 aliphatic carbocycles. The number of rotatable bonds is 3. The second-order valence-corrected chi connectivity index (χ2v) is 5.80. The summed E-state index contributed by atoms with van der Waals surface area (Å²) < 4.78 is 38.8. The molecule has 1 fully saturated rings. The second kappa shape index (κ2) is 5.59. The van der Waals surface area contributed by atoms with E-state index in [-0.39, 0.29) is 36.7 Å². The van der Waals surface area contributed by atoms with Crippen molar-refractivity contribution in [1.29, 1.82) is 0 Å². The molecule has 2 aromatic rings. The standard InChI is InChI=1S/C15H15F3N4O2/c1-9(23)10-2-3-12(15(16,17)18)20-13(10)22-7-5-14(24,8-22)11-4-6-19-21-11/h2-4,6,24H,5,7-8H2,1H3,(H,19,21). The van der Waals surface area contributed by atoms with Crippen LogP contribution in [0.15, 0.2) is 24.4 Å². The number of H-pyrrole nitrogens is 1. The number of carbonyl (C=O) groups excluding carboxylic acids is 1. The molecule has 0 aromatic carbocycles. The fourth-order valence-corrected chi connectivity index (χ4v) is 2.83. The lowest BCUT2D eigenvalue weighted by Gasteiger charge is -2.24. The molecule has 24 heavy (non-hydrogen) atoms. The van der Waals surface area contributed by atoms with E-state index in [4.69, 9.17) is 0 Å². The van der Waals surface area contributed by atoms with Crippen LogP contribution in [-0.2, 0) is 11.8 Å². The van der Waals surface area contributed by atoms with E-state index in [2.05, 4.69) is 15.2 Å². The minimum atomic E-state index is -4.61. The quantitative estimate of drug-likeness (QED) is 0.837. The molecule has 3 rings (SSSR count). The molecule has 6 nitrogen and oxygen atoms in total. The van der Waals surface area contributed by atoms with Gasteiger partial charge in [-0.1, -0.05) is 0 Å². The molecular formula is C15H15F3N4O2. The largest absolute Gasteiger partial charge is 0.433 e. The number of Topliss-reactive ketones (excluding diaryl/α,β-unsaturated/α-hetero) is 1. The fourth-order valence-electron chi connectivity index (χ4n) is 2.83. The van der Waals surface area contributed by atoms with Crippen LogP contribution in [0.1, 0.15) is 35.1 Å². The van der Waals surface area contributed by atoms with E-state index in [0.717, 1.165) is 12.1 Å². The summed E-state index contributed by atoms with van der Waals surface area (Å²) in [7, 11) is 0. The summed E-state index contributed by atoms with van der Waals surface area (Å²) >= 11 is 0. The number of β-amino-alcohol motifs (C(OH)–C–C–N with tert-alkyl or cyclic N) is 1. The first-order chi connectivity index (χ1) is 11.2. The number of nitrogens with one attached hydrogen (secondary N) is 1. The molecule has 128 valence electrons. The molecule has 1 unspecified atom stereocenters. The molecule has 1 aliphatic rings.